The van der Waals surface area contributed by atoms with Crippen molar-refractivity contribution in [1.82, 2.24) is 14.7 Å². The van der Waals surface area contributed by atoms with Gasteiger partial charge in [-0.3, -0.25) is 9.58 Å². The van der Waals surface area contributed by atoms with E-state index < -0.39 is 0 Å². The van der Waals surface area contributed by atoms with Gasteiger partial charge in [0, 0.05) is 30.9 Å². The molecule has 0 aliphatic carbocycles. The standard InChI is InChI=1S/C10H16ClN3/c11-9-10-3-1-5-13(10)7-8-14-6-2-4-12-14/h2,4,6,10H,1,3,5,7-9H2. The molecule has 0 saturated carbocycles. The summed E-state index contributed by atoms with van der Waals surface area (Å²) in [7, 11) is 0. The highest BCUT2D eigenvalue weighted by atomic mass is 35.5. The van der Waals surface area contributed by atoms with Crippen LogP contribution in [0.2, 0.25) is 0 Å². The van der Waals surface area contributed by atoms with Crippen LogP contribution in [-0.4, -0.2) is 39.7 Å². The van der Waals surface area contributed by atoms with E-state index in [4.69, 9.17) is 11.6 Å². The topological polar surface area (TPSA) is 21.1 Å². The predicted molar refractivity (Wildman–Crippen MR) is 57.5 cm³/mol. The Morgan fingerprint density at radius 3 is 3.07 bits per heavy atom. The second kappa shape index (κ2) is 4.80. The van der Waals surface area contributed by atoms with Crippen LogP contribution in [0.1, 0.15) is 12.8 Å². The molecule has 0 aromatic carbocycles. The summed E-state index contributed by atoms with van der Waals surface area (Å²) in [5.74, 6) is 0.763. The van der Waals surface area contributed by atoms with Gasteiger partial charge in [0.15, 0.2) is 0 Å². The summed E-state index contributed by atoms with van der Waals surface area (Å²) in [6.07, 6.45) is 6.37. The number of hydrogen-bond donors (Lipinski definition) is 0. The van der Waals surface area contributed by atoms with E-state index in [2.05, 4.69) is 10.00 Å². The van der Waals surface area contributed by atoms with Crippen LogP contribution in [0.25, 0.3) is 0 Å². The van der Waals surface area contributed by atoms with Gasteiger partial charge in [0.1, 0.15) is 0 Å². The molecule has 0 bridgehead atoms. The molecule has 2 rings (SSSR count). The number of aromatic nitrogens is 2. The molecule has 4 heteroatoms. The van der Waals surface area contributed by atoms with Crippen molar-refractivity contribution in [3.05, 3.63) is 18.5 Å². The average Bonchev–Trinajstić information content (AvgIpc) is 2.85. The quantitative estimate of drug-likeness (QED) is 0.709. The smallest absolute Gasteiger partial charge is 0.0536 e. The van der Waals surface area contributed by atoms with E-state index in [1.807, 2.05) is 23.1 Å². The van der Waals surface area contributed by atoms with E-state index in [1.54, 1.807) is 0 Å². The lowest BCUT2D eigenvalue weighted by atomic mass is 10.2. The first-order chi connectivity index (χ1) is 6.90. The van der Waals surface area contributed by atoms with Crippen molar-refractivity contribution in [3.63, 3.8) is 0 Å². The van der Waals surface area contributed by atoms with Crippen LogP contribution in [-0.2, 0) is 6.54 Å². The van der Waals surface area contributed by atoms with Gasteiger partial charge < -0.3 is 0 Å². The van der Waals surface area contributed by atoms with Gasteiger partial charge in [0.25, 0.3) is 0 Å². The average molecular weight is 214 g/mol. The van der Waals surface area contributed by atoms with Crippen molar-refractivity contribution >= 4 is 11.6 Å². The Morgan fingerprint density at radius 2 is 2.36 bits per heavy atom. The van der Waals surface area contributed by atoms with Crippen molar-refractivity contribution in [2.45, 2.75) is 25.4 Å². The number of nitrogens with zero attached hydrogens (tertiary/aromatic N) is 3. The first-order valence-corrected chi connectivity index (χ1v) is 5.71. The third-order valence-corrected chi connectivity index (χ3v) is 3.21. The molecule has 1 unspecified atom stereocenters. The lowest BCUT2D eigenvalue weighted by Gasteiger charge is -2.22. The molecular formula is C10H16ClN3. The summed E-state index contributed by atoms with van der Waals surface area (Å²) in [5, 5.41) is 4.19. The van der Waals surface area contributed by atoms with E-state index in [-0.39, 0.29) is 0 Å². The summed E-state index contributed by atoms with van der Waals surface area (Å²) in [6.45, 7) is 3.23. The van der Waals surface area contributed by atoms with Crippen LogP contribution in [0, 0.1) is 0 Å². The van der Waals surface area contributed by atoms with E-state index in [1.165, 1.54) is 19.4 Å². The van der Waals surface area contributed by atoms with Crippen LogP contribution < -0.4 is 0 Å². The van der Waals surface area contributed by atoms with Gasteiger partial charge in [-0.05, 0) is 25.5 Å². The highest BCUT2D eigenvalue weighted by Crippen LogP contribution is 2.17. The number of alkyl halides is 1. The second-order valence-corrected chi connectivity index (χ2v) is 4.06. The zero-order valence-electron chi connectivity index (χ0n) is 8.27. The Hall–Kier alpha value is -0.540. The first-order valence-electron chi connectivity index (χ1n) is 5.17. The minimum Gasteiger partial charge on any atom is -0.297 e. The van der Waals surface area contributed by atoms with E-state index in [0.29, 0.717) is 6.04 Å². The molecule has 1 aliphatic rings. The molecule has 1 aromatic rings. The molecule has 3 nitrogen and oxygen atoms in total. The molecule has 78 valence electrons. The van der Waals surface area contributed by atoms with Gasteiger partial charge in [-0.2, -0.15) is 5.10 Å². The Bertz CT molecular complexity index is 260. The third kappa shape index (κ3) is 2.28. The van der Waals surface area contributed by atoms with Crippen molar-refractivity contribution in [2.75, 3.05) is 19.0 Å². The molecule has 1 aromatic heterocycles. The van der Waals surface area contributed by atoms with E-state index >= 15 is 0 Å². The summed E-state index contributed by atoms with van der Waals surface area (Å²) in [4.78, 5) is 2.47. The van der Waals surface area contributed by atoms with Crippen LogP contribution >= 0.6 is 11.6 Å². The fraction of sp³-hybridized carbons (Fsp3) is 0.700. The molecule has 1 aliphatic heterocycles. The van der Waals surface area contributed by atoms with E-state index in [0.717, 1.165) is 19.0 Å². The van der Waals surface area contributed by atoms with Crippen LogP contribution in [0.4, 0.5) is 0 Å². The second-order valence-electron chi connectivity index (χ2n) is 3.76. The van der Waals surface area contributed by atoms with Gasteiger partial charge >= 0.3 is 0 Å². The largest absolute Gasteiger partial charge is 0.297 e. The van der Waals surface area contributed by atoms with Gasteiger partial charge in [0.2, 0.25) is 0 Å². The number of halogens is 1. The minimum absolute atomic E-state index is 0.590. The monoisotopic (exact) mass is 213 g/mol. The third-order valence-electron chi connectivity index (χ3n) is 2.85. The summed E-state index contributed by atoms with van der Waals surface area (Å²) >= 11 is 5.90. The van der Waals surface area contributed by atoms with Crippen molar-refractivity contribution in [2.24, 2.45) is 0 Å². The Morgan fingerprint density at radius 1 is 1.43 bits per heavy atom. The fourth-order valence-corrected chi connectivity index (χ4v) is 2.38. The maximum atomic E-state index is 5.90. The molecule has 0 N–H and O–H groups in total. The zero-order chi connectivity index (χ0) is 9.80. The summed E-state index contributed by atoms with van der Waals surface area (Å²) in [5.41, 5.74) is 0. The molecule has 1 atom stereocenters. The van der Waals surface area contributed by atoms with Crippen LogP contribution in [0.3, 0.4) is 0 Å². The Labute approximate surface area is 89.7 Å². The zero-order valence-corrected chi connectivity index (χ0v) is 9.03. The molecule has 14 heavy (non-hydrogen) atoms. The maximum Gasteiger partial charge on any atom is 0.0536 e. The molecule has 1 saturated heterocycles. The lowest BCUT2D eigenvalue weighted by molar-refractivity contribution is 0.256. The number of likely N-dealkylation sites (tertiary alicyclic amines) is 1. The first kappa shape index (κ1) is 9.99. The van der Waals surface area contributed by atoms with Gasteiger partial charge in [0.05, 0.1) is 6.54 Å². The summed E-state index contributed by atoms with van der Waals surface area (Å²) < 4.78 is 1.98. The number of rotatable bonds is 4. The van der Waals surface area contributed by atoms with Gasteiger partial charge in [-0.1, -0.05) is 0 Å². The van der Waals surface area contributed by atoms with Gasteiger partial charge in [-0.15, -0.1) is 11.6 Å². The molecule has 2 heterocycles. The Balaban J connectivity index is 1.80. The highest BCUT2D eigenvalue weighted by molar-refractivity contribution is 6.18. The molecule has 0 spiro atoms. The maximum absolute atomic E-state index is 5.90. The van der Waals surface area contributed by atoms with E-state index in [9.17, 15) is 0 Å². The number of hydrogen-bond acceptors (Lipinski definition) is 2. The SMILES string of the molecule is ClCC1CCCN1CCn1cccn1. The van der Waals surface area contributed by atoms with Crippen molar-refractivity contribution in [1.29, 1.82) is 0 Å². The van der Waals surface area contributed by atoms with Crippen molar-refractivity contribution in [3.8, 4) is 0 Å². The Kier molecular flexibility index (Phi) is 3.43. The van der Waals surface area contributed by atoms with Gasteiger partial charge in [-0.25, -0.2) is 0 Å². The molecular weight excluding hydrogens is 198 g/mol. The van der Waals surface area contributed by atoms with Crippen LogP contribution in [0.15, 0.2) is 18.5 Å². The van der Waals surface area contributed by atoms with Crippen LogP contribution in [0.5, 0.6) is 0 Å². The molecule has 0 radical (unpaired) electrons. The molecule has 1 fully saturated rings. The normalized spacial score (nSPS) is 23.1. The summed E-state index contributed by atoms with van der Waals surface area (Å²) in [6, 6.07) is 2.55. The predicted octanol–water partition coefficient (Wildman–Crippen LogP) is 1.59. The van der Waals surface area contributed by atoms with Crippen molar-refractivity contribution < 1.29 is 0 Å². The fourth-order valence-electron chi connectivity index (χ4n) is 2.03. The highest BCUT2D eigenvalue weighted by Gasteiger charge is 2.22. The lowest BCUT2D eigenvalue weighted by Crippen LogP contribution is -2.33. The minimum atomic E-state index is 0.590. The molecule has 0 amide bonds.